The summed E-state index contributed by atoms with van der Waals surface area (Å²) in [5.41, 5.74) is 0. The first-order valence-electron chi connectivity index (χ1n) is 6.12. The molecular weight excluding hydrogens is 264 g/mol. The van der Waals surface area contributed by atoms with Crippen molar-refractivity contribution in [3.8, 4) is 0 Å². The summed E-state index contributed by atoms with van der Waals surface area (Å²) in [4.78, 5) is 13.6. The van der Waals surface area contributed by atoms with Gasteiger partial charge in [-0.15, -0.1) is 16.8 Å². The minimum absolute atomic E-state index is 0.0442. The molecule has 1 N–H and O–H groups in total. The molecule has 1 heterocycles. The van der Waals surface area contributed by atoms with Crippen molar-refractivity contribution < 1.29 is 9.90 Å². The maximum atomic E-state index is 12.0. The van der Waals surface area contributed by atoms with Gasteiger partial charge in [-0.1, -0.05) is 17.8 Å². The van der Waals surface area contributed by atoms with Crippen molar-refractivity contribution >= 4 is 17.7 Å². The molecule has 19 heavy (non-hydrogen) atoms. The van der Waals surface area contributed by atoms with Crippen LogP contribution in [0.15, 0.2) is 24.1 Å². The number of nitrogens with zero attached hydrogens (tertiary/aromatic N) is 4. The van der Waals surface area contributed by atoms with Gasteiger partial charge in [-0.2, -0.15) is 0 Å². The maximum absolute atomic E-state index is 12.0. The van der Waals surface area contributed by atoms with Gasteiger partial charge in [0.2, 0.25) is 5.91 Å². The van der Waals surface area contributed by atoms with Crippen molar-refractivity contribution in [2.75, 3.05) is 25.4 Å². The molecule has 1 aromatic rings. The minimum Gasteiger partial charge on any atom is -0.395 e. The second-order valence-corrected chi connectivity index (χ2v) is 5.20. The highest BCUT2D eigenvalue weighted by Gasteiger charge is 2.14. The van der Waals surface area contributed by atoms with Crippen molar-refractivity contribution in [3.63, 3.8) is 0 Å². The molecule has 0 unspecified atom stereocenters. The van der Waals surface area contributed by atoms with E-state index in [1.165, 1.54) is 11.8 Å². The summed E-state index contributed by atoms with van der Waals surface area (Å²) in [5, 5.41) is 17.5. The van der Waals surface area contributed by atoms with Crippen LogP contribution in [-0.4, -0.2) is 56.1 Å². The van der Waals surface area contributed by atoms with Gasteiger partial charge in [0.05, 0.1) is 12.4 Å². The van der Waals surface area contributed by atoms with Gasteiger partial charge in [-0.25, -0.2) is 0 Å². The molecule has 0 aliphatic carbocycles. The Morgan fingerprint density at radius 1 is 1.68 bits per heavy atom. The topological polar surface area (TPSA) is 71.2 Å². The van der Waals surface area contributed by atoms with Gasteiger partial charge in [-0.05, 0) is 13.8 Å². The van der Waals surface area contributed by atoms with Crippen molar-refractivity contribution in [1.82, 2.24) is 19.7 Å². The normalized spacial score (nSPS) is 10.7. The lowest BCUT2D eigenvalue weighted by atomic mass is 10.4. The maximum Gasteiger partial charge on any atom is 0.233 e. The van der Waals surface area contributed by atoms with Crippen molar-refractivity contribution in [1.29, 1.82) is 0 Å². The molecule has 1 rings (SSSR count). The lowest BCUT2D eigenvalue weighted by molar-refractivity contribution is -0.128. The fourth-order valence-corrected chi connectivity index (χ4v) is 2.45. The molecular formula is C12H20N4O2S. The lowest BCUT2D eigenvalue weighted by Gasteiger charge is -2.19. The van der Waals surface area contributed by atoms with E-state index in [1.807, 2.05) is 18.4 Å². The van der Waals surface area contributed by atoms with Crippen LogP contribution < -0.4 is 0 Å². The van der Waals surface area contributed by atoms with Crippen molar-refractivity contribution in [2.45, 2.75) is 25.0 Å². The summed E-state index contributed by atoms with van der Waals surface area (Å²) >= 11 is 1.35. The zero-order valence-electron chi connectivity index (χ0n) is 11.3. The molecule has 106 valence electrons. The summed E-state index contributed by atoms with van der Waals surface area (Å²) in [5.74, 6) is 0.233. The second-order valence-electron chi connectivity index (χ2n) is 4.26. The number of carbonyl (C=O) groups is 1. The van der Waals surface area contributed by atoms with Crippen LogP contribution in [0.5, 0.6) is 0 Å². The van der Waals surface area contributed by atoms with E-state index in [4.69, 9.17) is 5.11 Å². The summed E-state index contributed by atoms with van der Waals surface area (Å²) < 4.78 is 1.92. The number of amides is 1. The number of hydrogen-bond donors (Lipinski definition) is 1. The van der Waals surface area contributed by atoms with Gasteiger partial charge in [0.1, 0.15) is 6.33 Å². The first-order chi connectivity index (χ1) is 9.10. The van der Waals surface area contributed by atoms with Crippen molar-refractivity contribution in [3.05, 3.63) is 19.0 Å². The van der Waals surface area contributed by atoms with E-state index in [9.17, 15) is 4.79 Å². The largest absolute Gasteiger partial charge is 0.395 e. The zero-order valence-corrected chi connectivity index (χ0v) is 12.1. The fourth-order valence-electron chi connectivity index (χ4n) is 1.50. The molecule has 1 aromatic heterocycles. The SMILES string of the molecule is C=CCN(CCO)C(=O)CSc1nncn1C(C)C. The number of thioether (sulfide) groups is 1. The van der Waals surface area contributed by atoms with Gasteiger partial charge in [0.15, 0.2) is 5.16 Å². The molecule has 0 aliphatic rings. The highest BCUT2D eigenvalue weighted by Crippen LogP contribution is 2.19. The van der Waals surface area contributed by atoms with Gasteiger partial charge < -0.3 is 14.6 Å². The Balaban J connectivity index is 2.57. The first-order valence-corrected chi connectivity index (χ1v) is 7.10. The molecule has 0 spiro atoms. The van der Waals surface area contributed by atoms with Gasteiger partial charge in [-0.3, -0.25) is 4.79 Å². The predicted octanol–water partition coefficient (Wildman–Crippen LogP) is 0.958. The number of rotatable bonds is 8. The Morgan fingerprint density at radius 3 is 3.00 bits per heavy atom. The van der Waals surface area contributed by atoms with Crippen molar-refractivity contribution in [2.24, 2.45) is 0 Å². The third-order valence-corrected chi connectivity index (χ3v) is 3.44. The van der Waals surface area contributed by atoms with Crippen LogP contribution in [0.25, 0.3) is 0 Å². The van der Waals surface area contributed by atoms with Crippen LogP contribution in [0.2, 0.25) is 0 Å². The molecule has 0 fully saturated rings. The van der Waals surface area contributed by atoms with E-state index >= 15 is 0 Å². The third kappa shape index (κ3) is 4.68. The quantitative estimate of drug-likeness (QED) is 0.568. The van der Waals surface area contributed by atoms with E-state index < -0.39 is 0 Å². The minimum atomic E-state index is -0.0492. The average molecular weight is 284 g/mol. The molecule has 0 radical (unpaired) electrons. The molecule has 0 saturated carbocycles. The van der Waals surface area contributed by atoms with Crippen LogP contribution >= 0.6 is 11.8 Å². The van der Waals surface area contributed by atoms with E-state index in [2.05, 4.69) is 16.8 Å². The van der Waals surface area contributed by atoms with E-state index in [0.717, 1.165) is 5.16 Å². The molecule has 0 bridgehead atoms. The second kappa shape index (κ2) is 7.96. The van der Waals surface area contributed by atoms with E-state index in [-0.39, 0.29) is 24.3 Å². The first kappa shape index (κ1) is 15.7. The Bertz CT molecular complexity index is 420. The molecule has 0 saturated heterocycles. The van der Waals surface area contributed by atoms with Crippen LogP contribution in [0.4, 0.5) is 0 Å². The summed E-state index contributed by atoms with van der Waals surface area (Å²) in [6.07, 6.45) is 3.31. The zero-order chi connectivity index (χ0) is 14.3. The van der Waals surface area contributed by atoms with Crippen LogP contribution in [-0.2, 0) is 4.79 Å². The molecule has 6 nitrogen and oxygen atoms in total. The van der Waals surface area contributed by atoms with Gasteiger partial charge >= 0.3 is 0 Å². The number of aromatic nitrogens is 3. The Kier molecular flexibility index (Phi) is 6.58. The third-order valence-electron chi connectivity index (χ3n) is 2.49. The monoisotopic (exact) mass is 284 g/mol. The molecule has 0 atom stereocenters. The van der Waals surface area contributed by atoms with Crippen LogP contribution in [0, 0.1) is 0 Å². The smallest absolute Gasteiger partial charge is 0.233 e. The number of hydrogen-bond acceptors (Lipinski definition) is 5. The molecule has 1 amide bonds. The molecule has 0 aliphatic heterocycles. The van der Waals surface area contributed by atoms with Gasteiger partial charge in [0.25, 0.3) is 0 Å². The standard InChI is InChI=1S/C12H20N4O2S/c1-4-5-15(6-7-17)11(18)8-19-12-14-13-9-16(12)10(2)3/h4,9-10,17H,1,5-8H2,2-3H3. The highest BCUT2D eigenvalue weighted by molar-refractivity contribution is 7.99. The van der Waals surface area contributed by atoms with E-state index in [0.29, 0.717) is 13.1 Å². The summed E-state index contributed by atoms with van der Waals surface area (Å²) in [6.45, 7) is 8.38. The predicted molar refractivity (Wildman–Crippen MR) is 75.0 cm³/mol. The van der Waals surface area contributed by atoms with Crippen LogP contribution in [0.3, 0.4) is 0 Å². The number of aliphatic hydroxyl groups is 1. The lowest BCUT2D eigenvalue weighted by Crippen LogP contribution is -2.35. The number of carbonyl (C=O) groups excluding carboxylic acids is 1. The fraction of sp³-hybridized carbons (Fsp3) is 0.583. The Labute approximate surface area is 117 Å². The van der Waals surface area contributed by atoms with Crippen LogP contribution in [0.1, 0.15) is 19.9 Å². The van der Waals surface area contributed by atoms with Gasteiger partial charge in [0, 0.05) is 19.1 Å². The Morgan fingerprint density at radius 2 is 2.42 bits per heavy atom. The molecule has 7 heteroatoms. The number of aliphatic hydroxyl groups excluding tert-OH is 1. The highest BCUT2D eigenvalue weighted by atomic mass is 32.2. The summed E-state index contributed by atoms with van der Waals surface area (Å²) in [6, 6.07) is 0.259. The van der Waals surface area contributed by atoms with E-state index in [1.54, 1.807) is 17.3 Å². The Hall–Kier alpha value is -1.34. The molecule has 0 aromatic carbocycles. The average Bonchev–Trinajstić information content (AvgIpc) is 2.84. The summed E-state index contributed by atoms with van der Waals surface area (Å²) in [7, 11) is 0.